The first kappa shape index (κ1) is 13.6. The zero-order valence-electron chi connectivity index (χ0n) is 10.0. The van der Waals surface area contributed by atoms with Crippen LogP contribution in [0.4, 0.5) is 13.2 Å². The number of carbonyl (C=O) groups excluding carboxylic acids is 1. The number of nitrogens with two attached hydrogens (primary N) is 1. The highest BCUT2D eigenvalue weighted by molar-refractivity contribution is 5.75. The molecule has 2 saturated heterocycles. The number of alkyl halides is 3. The first-order valence-corrected chi connectivity index (χ1v) is 5.88. The summed E-state index contributed by atoms with van der Waals surface area (Å²) < 4.78 is 46.5. The Morgan fingerprint density at radius 3 is 2.28 bits per heavy atom. The lowest BCUT2D eigenvalue weighted by molar-refractivity contribution is -0.235. The molecule has 2 bridgehead atoms. The summed E-state index contributed by atoms with van der Waals surface area (Å²) in [5, 5.41) is 0. The van der Waals surface area contributed by atoms with Crippen molar-refractivity contribution in [3.63, 3.8) is 0 Å². The molecule has 3 fully saturated rings. The van der Waals surface area contributed by atoms with Crippen LogP contribution in [0.5, 0.6) is 0 Å². The van der Waals surface area contributed by atoms with Crippen molar-refractivity contribution in [2.24, 2.45) is 5.73 Å². The molecule has 0 radical (unpaired) electrons. The summed E-state index contributed by atoms with van der Waals surface area (Å²) in [6.07, 6.45) is -3.48. The Balaban J connectivity index is 2.02. The van der Waals surface area contributed by atoms with Gasteiger partial charge in [-0.1, -0.05) is 0 Å². The third-order valence-electron chi connectivity index (χ3n) is 4.00. The van der Waals surface area contributed by atoms with E-state index in [1.807, 2.05) is 0 Å². The van der Waals surface area contributed by atoms with Crippen LogP contribution >= 0.6 is 0 Å². The predicted octanol–water partition coefficient (Wildman–Crippen LogP) is 1.52. The molecule has 1 atom stereocenters. The molecule has 0 aromatic heterocycles. The van der Waals surface area contributed by atoms with Crippen molar-refractivity contribution in [3.8, 4) is 0 Å². The fraction of sp³-hybridized carbons (Fsp3) is 0.909. The molecule has 7 heteroatoms. The molecule has 3 aliphatic rings. The number of hydrogen-bond donors (Lipinski definition) is 1. The Hall–Kier alpha value is -0.820. The number of hydrogen-bond acceptors (Lipinski definition) is 4. The molecule has 4 nitrogen and oxygen atoms in total. The van der Waals surface area contributed by atoms with Crippen molar-refractivity contribution in [2.75, 3.05) is 6.61 Å². The second-order valence-corrected chi connectivity index (χ2v) is 5.26. The van der Waals surface area contributed by atoms with Crippen LogP contribution in [0.15, 0.2) is 0 Å². The quantitative estimate of drug-likeness (QED) is 0.771. The summed E-state index contributed by atoms with van der Waals surface area (Å²) >= 11 is 0. The summed E-state index contributed by atoms with van der Waals surface area (Å²) in [5.41, 5.74) is 4.84. The number of ether oxygens (including phenoxy) is 2. The van der Waals surface area contributed by atoms with Crippen LogP contribution in [0.25, 0.3) is 0 Å². The standard InChI is InChI=1S/C11H16F3NO3/c1-7(18-8(16)11(12,13)14)10-4-2-9(15,3-5-10)6-17-10/h7H,2-6,15H2,1H3. The molecule has 0 spiro atoms. The van der Waals surface area contributed by atoms with Crippen molar-refractivity contribution >= 4 is 5.97 Å². The normalized spacial score (nSPS) is 37.4. The minimum atomic E-state index is -4.97. The minimum Gasteiger partial charge on any atom is -0.453 e. The van der Waals surface area contributed by atoms with E-state index in [1.165, 1.54) is 6.92 Å². The molecular formula is C11H16F3NO3. The van der Waals surface area contributed by atoms with E-state index in [2.05, 4.69) is 4.74 Å². The molecule has 18 heavy (non-hydrogen) atoms. The van der Waals surface area contributed by atoms with Gasteiger partial charge in [-0.2, -0.15) is 13.2 Å². The summed E-state index contributed by atoms with van der Waals surface area (Å²) in [4.78, 5) is 10.8. The van der Waals surface area contributed by atoms with Gasteiger partial charge < -0.3 is 15.2 Å². The van der Waals surface area contributed by atoms with E-state index < -0.39 is 23.9 Å². The summed E-state index contributed by atoms with van der Waals surface area (Å²) in [7, 11) is 0. The topological polar surface area (TPSA) is 61.5 Å². The van der Waals surface area contributed by atoms with Gasteiger partial charge in [-0.05, 0) is 32.6 Å². The highest BCUT2D eigenvalue weighted by atomic mass is 19.4. The zero-order valence-corrected chi connectivity index (χ0v) is 10.0. The fourth-order valence-corrected chi connectivity index (χ4v) is 2.61. The van der Waals surface area contributed by atoms with E-state index in [9.17, 15) is 18.0 Å². The zero-order chi connectivity index (χ0) is 13.6. The van der Waals surface area contributed by atoms with Crippen LogP contribution in [0.2, 0.25) is 0 Å². The molecule has 0 aromatic rings. The lowest BCUT2D eigenvalue weighted by Gasteiger charge is -2.53. The van der Waals surface area contributed by atoms with Crippen molar-refractivity contribution < 1.29 is 27.4 Å². The molecule has 2 N–H and O–H groups in total. The maximum atomic E-state index is 12.1. The predicted molar refractivity (Wildman–Crippen MR) is 55.7 cm³/mol. The molecule has 2 heterocycles. The highest BCUT2D eigenvalue weighted by Crippen LogP contribution is 2.45. The van der Waals surface area contributed by atoms with Gasteiger partial charge in [-0.25, -0.2) is 4.79 Å². The first-order chi connectivity index (χ1) is 8.17. The van der Waals surface area contributed by atoms with Crippen LogP contribution in [-0.2, 0) is 14.3 Å². The summed E-state index contributed by atoms with van der Waals surface area (Å²) in [6.45, 7) is 1.75. The molecule has 2 aliphatic heterocycles. The number of rotatable bonds is 2. The van der Waals surface area contributed by atoms with Crippen molar-refractivity contribution in [2.45, 2.75) is 56.0 Å². The number of halogens is 3. The van der Waals surface area contributed by atoms with Gasteiger partial charge in [0.25, 0.3) is 0 Å². The van der Waals surface area contributed by atoms with Gasteiger partial charge in [-0.3, -0.25) is 0 Å². The average Bonchev–Trinajstić information content (AvgIpc) is 2.29. The van der Waals surface area contributed by atoms with E-state index in [0.717, 1.165) is 0 Å². The number of esters is 1. The third-order valence-corrected chi connectivity index (χ3v) is 4.00. The van der Waals surface area contributed by atoms with Crippen LogP contribution < -0.4 is 5.73 Å². The summed E-state index contributed by atoms with van der Waals surface area (Å²) in [5.74, 6) is -2.16. The van der Waals surface area contributed by atoms with Crippen LogP contribution in [0, 0.1) is 0 Å². The maximum Gasteiger partial charge on any atom is 0.490 e. The molecule has 1 saturated carbocycles. The van der Waals surface area contributed by atoms with Crippen molar-refractivity contribution in [3.05, 3.63) is 0 Å². The van der Waals surface area contributed by atoms with Crippen molar-refractivity contribution in [1.82, 2.24) is 0 Å². The smallest absolute Gasteiger partial charge is 0.453 e. The molecular weight excluding hydrogens is 251 g/mol. The van der Waals surface area contributed by atoms with Gasteiger partial charge in [0.1, 0.15) is 11.7 Å². The Bertz CT molecular complexity index is 331. The Morgan fingerprint density at radius 1 is 1.33 bits per heavy atom. The first-order valence-electron chi connectivity index (χ1n) is 5.88. The van der Waals surface area contributed by atoms with Crippen molar-refractivity contribution in [1.29, 1.82) is 0 Å². The molecule has 104 valence electrons. The van der Waals surface area contributed by atoms with E-state index in [4.69, 9.17) is 10.5 Å². The van der Waals surface area contributed by atoms with Gasteiger partial charge in [0.2, 0.25) is 0 Å². The van der Waals surface area contributed by atoms with Crippen LogP contribution in [-0.4, -0.2) is 36.0 Å². The monoisotopic (exact) mass is 267 g/mol. The molecule has 3 rings (SSSR count). The fourth-order valence-electron chi connectivity index (χ4n) is 2.61. The van der Waals surface area contributed by atoms with E-state index in [1.54, 1.807) is 0 Å². The van der Waals surface area contributed by atoms with E-state index in [0.29, 0.717) is 32.3 Å². The lowest BCUT2D eigenvalue weighted by atomic mass is 9.70. The van der Waals surface area contributed by atoms with Gasteiger partial charge in [-0.15, -0.1) is 0 Å². The highest BCUT2D eigenvalue weighted by Gasteiger charge is 2.53. The molecule has 0 aromatic carbocycles. The van der Waals surface area contributed by atoms with E-state index >= 15 is 0 Å². The van der Waals surface area contributed by atoms with Gasteiger partial charge in [0.05, 0.1) is 6.61 Å². The van der Waals surface area contributed by atoms with Gasteiger partial charge in [0.15, 0.2) is 0 Å². The maximum absolute atomic E-state index is 12.1. The van der Waals surface area contributed by atoms with Crippen LogP contribution in [0.1, 0.15) is 32.6 Å². The summed E-state index contributed by atoms with van der Waals surface area (Å²) in [6, 6.07) is 0. The largest absolute Gasteiger partial charge is 0.490 e. The Kier molecular flexibility index (Phi) is 3.09. The SMILES string of the molecule is CC(OC(=O)C(F)(F)F)C12CCC(N)(CC1)CO2. The second-order valence-electron chi connectivity index (χ2n) is 5.26. The third kappa shape index (κ3) is 2.33. The molecule has 0 amide bonds. The second kappa shape index (κ2) is 4.09. The number of carbonyl (C=O) groups is 1. The minimum absolute atomic E-state index is 0.306. The Morgan fingerprint density at radius 2 is 1.89 bits per heavy atom. The van der Waals surface area contributed by atoms with E-state index in [-0.39, 0.29) is 5.54 Å². The lowest BCUT2D eigenvalue weighted by Crippen LogP contribution is -2.63. The number of fused-ring (bicyclic) bond motifs is 3. The molecule has 1 unspecified atom stereocenters. The van der Waals surface area contributed by atoms with Gasteiger partial charge >= 0.3 is 12.1 Å². The average molecular weight is 267 g/mol. The molecule has 1 aliphatic carbocycles. The van der Waals surface area contributed by atoms with Crippen LogP contribution in [0.3, 0.4) is 0 Å². The van der Waals surface area contributed by atoms with Gasteiger partial charge in [0, 0.05) is 5.54 Å². The Labute approximate surface area is 103 Å².